The van der Waals surface area contributed by atoms with Crippen molar-refractivity contribution in [3.63, 3.8) is 0 Å². The van der Waals surface area contributed by atoms with Gasteiger partial charge < -0.3 is 4.98 Å². The molecule has 1 N–H and O–H groups in total. The highest BCUT2D eigenvalue weighted by Crippen LogP contribution is 2.12. The monoisotopic (exact) mass is 170 g/mol. The summed E-state index contributed by atoms with van der Waals surface area (Å²) in [5.41, 5.74) is 1.71. The van der Waals surface area contributed by atoms with Gasteiger partial charge in [0, 0.05) is 24.2 Å². The zero-order valence-electron chi connectivity index (χ0n) is 6.94. The number of aromatic amines is 1. The Morgan fingerprint density at radius 3 is 2.77 bits per heavy atom. The molecule has 2 rings (SSSR count). The highest BCUT2D eigenvalue weighted by atomic mass is 14.9. The van der Waals surface area contributed by atoms with Gasteiger partial charge in [0.2, 0.25) is 0 Å². The zero-order chi connectivity index (χ0) is 9.10. The number of rotatable bonds is 2. The second-order valence-corrected chi connectivity index (χ2v) is 2.58. The molecule has 63 valence electrons. The fourth-order valence-corrected chi connectivity index (χ4v) is 1.07. The number of nitrogens with one attached hydrogen (secondary N) is 1. The first-order valence-electron chi connectivity index (χ1n) is 3.91. The minimum Gasteiger partial charge on any atom is -0.345 e. The van der Waals surface area contributed by atoms with Crippen molar-refractivity contribution < 1.29 is 0 Å². The van der Waals surface area contributed by atoms with Gasteiger partial charge in [-0.05, 0) is 18.2 Å². The maximum absolute atomic E-state index is 5.31. The zero-order valence-corrected chi connectivity index (χ0v) is 6.94. The van der Waals surface area contributed by atoms with Crippen LogP contribution in [0.2, 0.25) is 0 Å². The number of nitrogens with zero attached hydrogens (tertiary/aromatic N) is 2. The first-order valence-corrected chi connectivity index (χ1v) is 3.91. The van der Waals surface area contributed by atoms with Crippen LogP contribution in [-0.2, 0) is 0 Å². The predicted molar refractivity (Wildman–Crippen MR) is 50.6 cm³/mol. The Balaban J connectivity index is 2.38. The van der Waals surface area contributed by atoms with Gasteiger partial charge in [0.15, 0.2) is 0 Å². The van der Waals surface area contributed by atoms with Gasteiger partial charge in [-0.25, -0.2) is 4.98 Å². The highest BCUT2D eigenvalue weighted by Gasteiger charge is 1.98. The van der Waals surface area contributed by atoms with Gasteiger partial charge in [-0.2, -0.15) is 0 Å². The topological polar surface area (TPSA) is 41.6 Å². The van der Waals surface area contributed by atoms with E-state index in [1.54, 1.807) is 18.6 Å². The molecule has 0 aromatic carbocycles. The molecule has 0 saturated carbocycles. The fraction of sp³-hybridized carbons (Fsp3) is 0. The molecule has 0 bridgehead atoms. The summed E-state index contributed by atoms with van der Waals surface area (Å²) in [6.07, 6.45) is 6.68. The summed E-state index contributed by atoms with van der Waals surface area (Å²) in [6.45, 7) is 5.31. The van der Waals surface area contributed by atoms with Crippen molar-refractivity contribution in [3.8, 4) is 11.4 Å². The smallest absolute Gasteiger partial charge is 0.138 e. The third kappa shape index (κ3) is 1.49. The lowest BCUT2D eigenvalue weighted by Crippen LogP contribution is -1.84. The summed E-state index contributed by atoms with van der Waals surface area (Å²) in [5, 5.41) is 0. The first-order chi connectivity index (χ1) is 6.40. The maximum atomic E-state index is 5.31. The molecular formula is C10H8N3. The van der Waals surface area contributed by atoms with E-state index in [0.717, 1.165) is 17.1 Å². The average Bonchev–Trinajstić information content (AvgIpc) is 2.71. The van der Waals surface area contributed by atoms with Crippen molar-refractivity contribution in [2.24, 2.45) is 0 Å². The van der Waals surface area contributed by atoms with Crippen molar-refractivity contribution in [1.29, 1.82) is 0 Å². The lowest BCUT2D eigenvalue weighted by Gasteiger charge is -1.96. The molecule has 13 heavy (non-hydrogen) atoms. The SMILES string of the molecule is [CH]=Cc1ccc(-c2ncc[nH]2)cn1. The van der Waals surface area contributed by atoms with Gasteiger partial charge >= 0.3 is 0 Å². The second kappa shape index (κ2) is 3.23. The molecule has 2 heterocycles. The summed E-state index contributed by atoms with van der Waals surface area (Å²) in [6, 6.07) is 3.77. The van der Waals surface area contributed by atoms with Gasteiger partial charge in [-0.15, -0.1) is 0 Å². The van der Waals surface area contributed by atoms with E-state index in [1.165, 1.54) is 6.08 Å². The number of hydrogen-bond donors (Lipinski definition) is 1. The van der Waals surface area contributed by atoms with Gasteiger partial charge in [0.25, 0.3) is 0 Å². The van der Waals surface area contributed by atoms with Crippen molar-refractivity contribution in [2.45, 2.75) is 0 Å². The lowest BCUT2D eigenvalue weighted by atomic mass is 10.2. The van der Waals surface area contributed by atoms with Crippen molar-refractivity contribution >= 4 is 6.08 Å². The van der Waals surface area contributed by atoms with E-state index < -0.39 is 0 Å². The van der Waals surface area contributed by atoms with Crippen LogP contribution in [0.15, 0.2) is 30.7 Å². The molecule has 0 atom stereocenters. The van der Waals surface area contributed by atoms with Crippen LogP contribution in [0, 0.1) is 6.58 Å². The standard InChI is InChI=1S/C10H8N3/c1-2-9-4-3-8(7-13-9)10-11-5-6-12-10/h1-7H,(H,11,12). The molecule has 0 aliphatic carbocycles. The van der Waals surface area contributed by atoms with Crippen molar-refractivity contribution in [1.82, 2.24) is 15.0 Å². The highest BCUT2D eigenvalue weighted by molar-refractivity contribution is 5.55. The molecule has 0 amide bonds. The number of H-pyrrole nitrogens is 1. The molecule has 0 aliphatic rings. The third-order valence-corrected chi connectivity index (χ3v) is 1.73. The minimum absolute atomic E-state index is 0.760. The first kappa shape index (κ1) is 7.73. The molecule has 2 aromatic heterocycles. The van der Waals surface area contributed by atoms with Crippen LogP contribution in [0.4, 0.5) is 0 Å². The van der Waals surface area contributed by atoms with Gasteiger partial charge in [0.1, 0.15) is 5.82 Å². The van der Waals surface area contributed by atoms with Crippen LogP contribution in [0.1, 0.15) is 5.69 Å². The Morgan fingerprint density at radius 2 is 2.23 bits per heavy atom. The summed E-state index contributed by atoms with van der Waals surface area (Å²) >= 11 is 0. The molecule has 1 radical (unpaired) electrons. The Kier molecular flexibility index (Phi) is 1.92. The van der Waals surface area contributed by atoms with Crippen molar-refractivity contribution in [3.05, 3.63) is 43.0 Å². The average molecular weight is 170 g/mol. The number of aromatic nitrogens is 3. The lowest BCUT2D eigenvalue weighted by molar-refractivity contribution is 1.25. The van der Waals surface area contributed by atoms with E-state index in [-0.39, 0.29) is 0 Å². The van der Waals surface area contributed by atoms with Crippen LogP contribution >= 0.6 is 0 Å². The molecule has 2 aromatic rings. The summed E-state index contributed by atoms with van der Waals surface area (Å²) < 4.78 is 0. The van der Waals surface area contributed by atoms with Crippen LogP contribution < -0.4 is 0 Å². The Morgan fingerprint density at radius 1 is 1.31 bits per heavy atom. The molecule has 3 nitrogen and oxygen atoms in total. The van der Waals surface area contributed by atoms with Crippen LogP contribution in [0.5, 0.6) is 0 Å². The summed E-state index contributed by atoms with van der Waals surface area (Å²) in [4.78, 5) is 11.2. The van der Waals surface area contributed by atoms with E-state index in [4.69, 9.17) is 6.58 Å². The number of hydrogen-bond acceptors (Lipinski definition) is 2. The summed E-state index contributed by atoms with van der Waals surface area (Å²) in [5.74, 6) is 0.816. The van der Waals surface area contributed by atoms with E-state index in [9.17, 15) is 0 Å². The largest absolute Gasteiger partial charge is 0.345 e. The predicted octanol–water partition coefficient (Wildman–Crippen LogP) is 1.92. The van der Waals surface area contributed by atoms with E-state index in [2.05, 4.69) is 15.0 Å². The third-order valence-electron chi connectivity index (χ3n) is 1.73. The molecule has 0 unspecified atom stereocenters. The van der Waals surface area contributed by atoms with E-state index in [0.29, 0.717) is 0 Å². The van der Waals surface area contributed by atoms with Crippen LogP contribution in [-0.4, -0.2) is 15.0 Å². The van der Waals surface area contributed by atoms with E-state index in [1.807, 2.05) is 12.1 Å². The molecule has 0 spiro atoms. The molecular weight excluding hydrogens is 162 g/mol. The number of imidazole rings is 1. The second-order valence-electron chi connectivity index (χ2n) is 2.58. The normalized spacial score (nSPS) is 9.85. The fourth-order valence-electron chi connectivity index (χ4n) is 1.07. The van der Waals surface area contributed by atoms with Crippen LogP contribution in [0.3, 0.4) is 0 Å². The van der Waals surface area contributed by atoms with Crippen LogP contribution in [0.25, 0.3) is 17.5 Å². The van der Waals surface area contributed by atoms with Gasteiger partial charge in [0.05, 0.1) is 5.69 Å². The Hall–Kier alpha value is -1.90. The molecule has 0 fully saturated rings. The van der Waals surface area contributed by atoms with E-state index >= 15 is 0 Å². The summed E-state index contributed by atoms with van der Waals surface area (Å²) in [7, 11) is 0. The molecule has 0 saturated heterocycles. The molecule has 0 aliphatic heterocycles. The van der Waals surface area contributed by atoms with Gasteiger partial charge in [-0.1, -0.05) is 6.58 Å². The molecule has 3 heteroatoms. The Labute approximate surface area is 76.2 Å². The minimum atomic E-state index is 0.760. The van der Waals surface area contributed by atoms with Crippen molar-refractivity contribution in [2.75, 3.05) is 0 Å². The number of pyridine rings is 1. The quantitative estimate of drug-likeness (QED) is 0.748. The van der Waals surface area contributed by atoms with Gasteiger partial charge in [-0.3, -0.25) is 4.98 Å². The maximum Gasteiger partial charge on any atom is 0.138 e. The Bertz CT molecular complexity index is 387.